The molecule has 0 aromatic heterocycles. The summed E-state index contributed by atoms with van der Waals surface area (Å²) in [5, 5.41) is 0.574. The van der Waals surface area contributed by atoms with Crippen LogP contribution in [0.25, 0.3) is 6.08 Å². The second-order valence-corrected chi connectivity index (χ2v) is 5.13. The molecule has 3 rings (SSSR count). The molecule has 0 bridgehead atoms. The lowest BCUT2D eigenvalue weighted by Crippen LogP contribution is -2.02. The highest BCUT2D eigenvalue weighted by Gasteiger charge is 2.28. The van der Waals surface area contributed by atoms with E-state index in [1.807, 2.05) is 6.07 Å². The number of rotatable bonds is 2. The van der Waals surface area contributed by atoms with E-state index in [-0.39, 0.29) is 11.5 Å². The average molecular weight is 315 g/mol. The molecule has 1 aliphatic heterocycles. The van der Waals surface area contributed by atoms with E-state index >= 15 is 0 Å². The van der Waals surface area contributed by atoms with Crippen molar-refractivity contribution in [1.29, 1.82) is 0 Å². The normalized spacial score (nSPS) is 14.6. The molecule has 0 radical (unpaired) electrons. The van der Waals surface area contributed by atoms with Crippen LogP contribution in [-0.2, 0) is 4.74 Å². The third-order valence-electron chi connectivity index (χ3n) is 3.24. The zero-order valence-electron chi connectivity index (χ0n) is 11.6. The second kappa shape index (κ2) is 5.66. The molecule has 1 heterocycles. The number of halogens is 1. The topological polar surface area (TPSA) is 52.6 Å². The quantitative estimate of drug-likeness (QED) is 0.626. The number of esters is 1. The first-order valence-electron chi connectivity index (χ1n) is 6.50. The average Bonchev–Trinajstić information content (AvgIpc) is 2.82. The minimum atomic E-state index is -0.497. The zero-order chi connectivity index (χ0) is 15.7. The summed E-state index contributed by atoms with van der Waals surface area (Å²) in [5.41, 5.74) is 1.41. The summed E-state index contributed by atoms with van der Waals surface area (Å²) in [6, 6.07) is 11.7. The van der Waals surface area contributed by atoms with Gasteiger partial charge in [0.1, 0.15) is 5.75 Å². The summed E-state index contributed by atoms with van der Waals surface area (Å²) in [6.45, 7) is 0. The van der Waals surface area contributed by atoms with E-state index < -0.39 is 5.97 Å². The molecule has 5 heteroatoms. The molecule has 0 saturated carbocycles. The van der Waals surface area contributed by atoms with E-state index in [2.05, 4.69) is 4.74 Å². The lowest BCUT2D eigenvalue weighted by atomic mass is 10.1. The highest BCUT2D eigenvalue weighted by molar-refractivity contribution is 6.30. The van der Waals surface area contributed by atoms with Gasteiger partial charge in [-0.25, -0.2) is 4.79 Å². The van der Waals surface area contributed by atoms with Gasteiger partial charge in [-0.05, 0) is 42.0 Å². The van der Waals surface area contributed by atoms with Crippen LogP contribution in [0.3, 0.4) is 0 Å². The van der Waals surface area contributed by atoms with Gasteiger partial charge in [-0.3, -0.25) is 4.79 Å². The number of hydrogen-bond donors (Lipinski definition) is 0. The molecule has 2 aromatic rings. The Bertz CT molecular complexity index is 808. The lowest BCUT2D eigenvalue weighted by molar-refractivity contribution is 0.0600. The molecule has 0 atom stereocenters. The Balaban J connectivity index is 1.96. The molecular weight excluding hydrogens is 304 g/mol. The van der Waals surface area contributed by atoms with Crippen LogP contribution in [0.4, 0.5) is 0 Å². The highest BCUT2D eigenvalue weighted by atomic mass is 35.5. The van der Waals surface area contributed by atoms with Crippen molar-refractivity contribution in [2.75, 3.05) is 7.11 Å². The number of allylic oxidation sites excluding steroid dienone is 1. The third kappa shape index (κ3) is 2.61. The largest absolute Gasteiger partial charge is 0.465 e. The first kappa shape index (κ1) is 14.4. The Kier molecular flexibility index (Phi) is 3.69. The Morgan fingerprint density at radius 1 is 1.23 bits per heavy atom. The van der Waals surface area contributed by atoms with Crippen molar-refractivity contribution in [3.8, 4) is 5.75 Å². The number of fused-ring (bicyclic) bond motifs is 1. The molecule has 110 valence electrons. The summed E-state index contributed by atoms with van der Waals surface area (Å²) in [4.78, 5) is 23.9. The third-order valence-corrected chi connectivity index (χ3v) is 3.47. The Morgan fingerprint density at radius 2 is 2.05 bits per heavy atom. The van der Waals surface area contributed by atoms with Crippen LogP contribution in [0.5, 0.6) is 5.75 Å². The van der Waals surface area contributed by atoms with Gasteiger partial charge in [0.2, 0.25) is 5.78 Å². The number of ether oxygens (including phenoxy) is 2. The van der Waals surface area contributed by atoms with Crippen LogP contribution < -0.4 is 4.74 Å². The molecule has 0 fully saturated rings. The molecule has 2 aromatic carbocycles. The fourth-order valence-corrected chi connectivity index (χ4v) is 2.38. The summed E-state index contributed by atoms with van der Waals surface area (Å²) >= 11 is 5.92. The van der Waals surface area contributed by atoms with Crippen LogP contribution in [0, 0.1) is 0 Å². The lowest BCUT2D eigenvalue weighted by Gasteiger charge is -2.00. The summed E-state index contributed by atoms with van der Waals surface area (Å²) < 4.78 is 10.2. The second-order valence-electron chi connectivity index (χ2n) is 4.70. The monoisotopic (exact) mass is 314 g/mol. The molecule has 0 amide bonds. The summed E-state index contributed by atoms with van der Waals surface area (Å²) in [5.74, 6) is -0.159. The number of carbonyl (C=O) groups is 2. The minimum absolute atomic E-state index is 0.194. The van der Waals surface area contributed by atoms with Gasteiger partial charge in [-0.2, -0.15) is 0 Å². The van der Waals surface area contributed by atoms with Crippen LogP contribution in [-0.4, -0.2) is 18.9 Å². The van der Waals surface area contributed by atoms with Crippen molar-refractivity contribution in [1.82, 2.24) is 0 Å². The van der Waals surface area contributed by atoms with Crippen LogP contribution >= 0.6 is 11.6 Å². The van der Waals surface area contributed by atoms with Gasteiger partial charge in [0.25, 0.3) is 0 Å². The van der Waals surface area contributed by atoms with Crippen molar-refractivity contribution in [3.63, 3.8) is 0 Å². The smallest absolute Gasteiger partial charge is 0.337 e. The molecule has 22 heavy (non-hydrogen) atoms. The van der Waals surface area contributed by atoms with E-state index in [0.717, 1.165) is 5.56 Å². The van der Waals surface area contributed by atoms with E-state index in [9.17, 15) is 9.59 Å². The molecule has 0 saturated heterocycles. The SMILES string of the molecule is COC(=O)c1ccc2c(c1)C(=O)/C(=C/c1cccc(Cl)c1)O2. The van der Waals surface area contributed by atoms with Crippen molar-refractivity contribution < 1.29 is 19.1 Å². The van der Waals surface area contributed by atoms with Crippen LogP contribution in [0.2, 0.25) is 5.02 Å². The molecule has 0 unspecified atom stereocenters. The predicted molar refractivity (Wildman–Crippen MR) is 82.2 cm³/mol. The van der Waals surface area contributed by atoms with Gasteiger partial charge in [-0.1, -0.05) is 23.7 Å². The molecule has 0 spiro atoms. The first-order valence-corrected chi connectivity index (χ1v) is 6.88. The van der Waals surface area contributed by atoms with Gasteiger partial charge >= 0.3 is 5.97 Å². The van der Waals surface area contributed by atoms with Crippen molar-refractivity contribution >= 4 is 29.4 Å². The minimum Gasteiger partial charge on any atom is -0.465 e. The number of benzene rings is 2. The van der Waals surface area contributed by atoms with Gasteiger partial charge < -0.3 is 9.47 Å². The molecular formula is C17H11ClO4. The molecule has 0 aliphatic carbocycles. The zero-order valence-corrected chi connectivity index (χ0v) is 12.4. The Hall–Kier alpha value is -2.59. The van der Waals surface area contributed by atoms with Gasteiger partial charge in [0, 0.05) is 5.02 Å². The van der Waals surface area contributed by atoms with Gasteiger partial charge in [0.05, 0.1) is 18.2 Å². The summed E-state index contributed by atoms with van der Waals surface area (Å²) in [6.07, 6.45) is 1.62. The van der Waals surface area contributed by atoms with Gasteiger partial charge in [0.15, 0.2) is 5.76 Å². The Labute approximate surface area is 131 Å². The molecule has 0 N–H and O–H groups in total. The standard InChI is InChI=1S/C17H11ClO4/c1-21-17(20)11-5-6-14-13(9-11)16(19)15(22-14)8-10-3-2-4-12(18)7-10/h2-9H,1H3/b15-8-. The maximum atomic E-state index is 12.4. The molecule has 4 nitrogen and oxygen atoms in total. The maximum absolute atomic E-state index is 12.4. The highest BCUT2D eigenvalue weighted by Crippen LogP contribution is 2.32. The number of ketones is 1. The summed E-state index contributed by atoms with van der Waals surface area (Å²) in [7, 11) is 1.29. The number of carbonyl (C=O) groups excluding carboxylic acids is 2. The van der Waals surface area contributed by atoms with E-state index in [4.69, 9.17) is 16.3 Å². The predicted octanol–water partition coefficient (Wildman–Crippen LogP) is 3.74. The number of hydrogen-bond acceptors (Lipinski definition) is 4. The van der Waals surface area contributed by atoms with Crippen LogP contribution in [0.1, 0.15) is 26.3 Å². The maximum Gasteiger partial charge on any atom is 0.337 e. The van der Waals surface area contributed by atoms with Gasteiger partial charge in [-0.15, -0.1) is 0 Å². The van der Waals surface area contributed by atoms with E-state index in [0.29, 0.717) is 21.9 Å². The van der Waals surface area contributed by atoms with Crippen molar-refractivity contribution in [2.24, 2.45) is 0 Å². The van der Waals surface area contributed by atoms with Crippen molar-refractivity contribution in [2.45, 2.75) is 0 Å². The molecule has 1 aliphatic rings. The van der Waals surface area contributed by atoms with Crippen molar-refractivity contribution in [3.05, 3.63) is 69.9 Å². The fraction of sp³-hybridized carbons (Fsp3) is 0.0588. The Morgan fingerprint density at radius 3 is 2.77 bits per heavy atom. The number of methoxy groups -OCH3 is 1. The van der Waals surface area contributed by atoms with E-state index in [1.54, 1.807) is 36.4 Å². The fourth-order valence-electron chi connectivity index (χ4n) is 2.18. The number of Topliss-reactive ketones (excluding diaryl/α,β-unsaturated/α-hetero) is 1. The van der Waals surface area contributed by atoms with Crippen LogP contribution in [0.15, 0.2) is 48.2 Å². The first-order chi connectivity index (χ1) is 10.6. The van der Waals surface area contributed by atoms with E-state index in [1.165, 1.54) is 13.2 Å².